The summed E-state index contributed by atoms with van der Waals surface area (Å²) in [6.07, 6.45) is 1.32. The van der Waals surface area contributed by atoms with Gasteiger partial charge in [0.1, 0.15) is 17.4 Å². The molecule has 0 aliphatic heterocycles. The highest BCUT2D eigenvalue weighted by Gasteiger charge is 2.14. The third kappa shape index (κ3) is 6.51. The third-order valence-corrected chi connectivity index (χ3v) is 4.56. The number of ether oxygens (including phenoxy) is 1. The van der Waals surface area contributed by atoms with Crippen molar-refractivity contribution in [2.24, 2.45) is 0 Å². The van der Waals surface area contributed by atoms with Crippen LogP contribution in [0.15, 0.2) is 78.4 Å². The molecule has 34 heavy (non-hydrogen) atoms. The fourth-order valence-electron chi connectivity index (χ4n) is 2.99. The van der Waals surface area contributed by atoms with Crippen LogP contribution in [0.3, 0.4) is 0 Å². The number of anilines is 2. The number of nitro groups is 1. The van der Waals surface area contributed by atoms with E-state index in [0.717, 1.165) is 5.56 Å². The average molecular weight is 456 g/mol. The Morgan fingerprint density at radius 1 is 1.03 bits per heavy atom. The van der Waals surface area contributed by atoms with Gasteiger partial charge in [-0.25, -0.2) is 0 Å². The molecule has 0 fully saturated rings. The predicted molar refractivity (Wildman–Crippen MR) is 127 cm³/mol. The van der Waals surface area contributed by atoms with Crippen molar-refractivity contribution < 1.29 is 19.2 Å². The normalized spacial score (nSPS) is 10.6. The van der Waals surface area contributed by atoms with Crippen molar-refractivity contribution in [2.75, 3.05) is 17.2 Å². The molecule has 0 atom stereocenters. The van der Waals surface area contributed by atoms with Crippen LogP contribution < -0.4 is 15.4 Å². The fourth-order valence-corrected chi connectivity index (χ4v) is 2.99. The number of amides is 2. The summed E-state index contributed by atoms with van der Waals surface area (Å²) in [5, 5.41) is 25.6. The Bertz CT molecular complexity index is 1310. The van der Waals surface area contributed by atoms with Gasteiger partial charge in [0.2, 0.25) is 0 Å². The number of nitrogens with one attached hydrogen (secondary N) is 2. The Morgan fingerprint density at radius 3 is 2.44 bits per heavy atom. The number of rotatable bonds is 8. The van der Waals surface area contributed by atoms with Gasteiger partial charge in [-0.05, 0) is 42.8 Å². The van der Waals surface area contributed by atoms with E-state index in [4.69, 9.17) is 4.74 Å². The molecule has 0 bridgehead atoms. The Hall–Kier alpha value is -4.97. The van der Waals surface area contributed by atoms with Crippen LogP contribution >= 0.6 is 0 Å². The van der Waals surface area contributed by atoms with Gasteiger partial charge in [-0.2, -0.15) is 5.26 Å². The summed E-state index contributed by atoms with van der Waals surface area (Å²) in [6, 6.07) is 21.2. The first-order valence-electron chi connectivity index (χ1n) is 10.1. The van der Waals surface area contributed by atoms with E-state index in [0.29, 0.717) is 17.0 Å². The van der Waals surface area contributed by atoms with Crippen LogP contribution in [-0.4, -0.2) is 23.3 Å². The van der Waals surface area contributed by atoms with Gasteiger partial charge >= 0.3 is 0 Å². The highest BCUT2D eigenvalue weighted by atomic mass is 16.6. The maximum Gasteiger partial charge on any atom is 0.271 e. The van der Waals surface area contributed by atoms with Crippen LogP contribution in [0.4, 0.5) is 17.1 Å². The maximum atomic E-state index is 12.6. The summed E-state index contributed by atoms with van der Waals surface area (Å²) in [5.41, 5.74) is 1.80. The summed E-state index contributed by atoms with van der Waals surface area (Å²) in [6.45, 7) is 1.64. The molecule has 0 aliphatic carbocycles. The van der Waals surface area contributed by atoms with E-state index in [-0.39, 0.29) is 29.5 Å². The fraction of sp³-hybridized carbons (Fsp3) is 0.0800. The lowest BCUT2D eigenvalue weighted by molar-refractivity contribution is -0.384. The van der Waals surface area contributed by atoms with Gasteiger partial charge in [-0.3, -0.25) is 19.7 Å². The molecule has 2 amide bonds. The summed E-state index contributed by atoms with van der Waals surface area (Å²) in [4.78, 5) is 35.2. The molecule has 2 N–H and O–H groups in total. The second kappa shape index (κ2) is 11.1. The standard InChI is InChI=1S/C25H20N4O5/c1-17-6-4-8-20(12-17)27-24(30)16-34-23-11-3-2-7-18(23)13-19(15-26)25(31)28-21-9-5-10-22(14-21)29(32)33/h2-14H,16H2,1H3,(H,27,30)(H,28,31)/b19-13+. The van der Waals surface area contributed by atoms with Gasteiger partial charge in [0.05, 0.1) is 4.92 Å². The Balaban J connectivity index is 1.71. The van der Waals surface area contributed by atoms with E-state index in [1.807, 2.05) is 31.2 Å². The maximum absolute atomic E-state index is 12.6. The number of hydrogen-bond donors (Lipinski definition) is 2. The van der Waals surface area contributed by atoms with Crippen LogP contribution in [0.1, 0.15) is 11.1 Å². The van der Waals surface area contributed by atoms with E-state index < -0.39 is 10.8 Å². The van der Waals surface area contributed by atoms with Crippen molar-refractivity contribution in [2.45, 2.75) is 6.92 Å². The van der Waals surface area contributed by atoms with Crippen molar-refractivity contribution in [1.29, 1.82) is 5.26 Å². The largest absolute Gasteiger partial charge is 0.483 e. The second-order valence-corrected chi connectivity index (χ2v) is 7.18. The molecule has 0 saturated heterocycles. The number of nitriles is 1. The first-order chi connectivity index (χ1) is 16.4. The van der Waals surface area contributed by atoms with Crippen LogP contribution in [0.25, 0.3) is 6.08 Å². The molecule has 0 aliphatic rings. The molecule has 0 saturated carbocycles. The number of nitrogens with zero attached hydrogens (tertiary/aromatic N) is 2. The van der Waals surface area contributed by atoms with E-state index in [2.05, 4.69) is 10.6 Å². The van der Waals surface area contributed by atoms with Gasteiger partial charge in [0.25, 0.3) is 17.5 Å². The van der Waals surface area contributed by atoms with Gasteiger partial charge < -0.3 is 15.4 Å². The van der Waals surface area contributed by atoms with Gasteiger partial charge in [-0.15, -0.1) is 0 Å². The minimum atomic E-state index is -0.741. The number of nitro benzene ring substituents is 1. The smallest absolute Gasteiger partial charge is 0.271 e. The monoisotopic (exact) mass is 456 g/mol. The lowest BCUT2D eigenvalue weighted by Gasteiger charge is -2.10. The predicted octanol–water partition coefficient (Wildman–Crippen LogP) is 4.47. The Labute approximate surface area is 195 Å². The van der Waals surface area contributed by atoms with Crippen molar-refractivity contribution in [1.82, 2.24) is 0 Å². The third-order valence-electron chi connectivity index (χ3n) is 4.56. The minimum absolute atomic E-state index is 0.178. The first kappa shape index (κ1) is 23.7. The first-order valence-corrected chi connectivity index (χ1v) is 10.1. The second-order valence-electron chi connectivity index (χ2n) is 7.18. The Kier molecular flexibility index (Phi) is 7.71. The van der Waals surface area contributed by atoms with E-state index in [1.165, 1.54) is 30.3 Å². The van der Waals surface area contributed by atoms with Crippen LogP contribution in [0.2, 0.25) is 0 Å². The molecule has 0 spiro atoms. The number of aryl methyl sites for hydroxylation is 1. The number of para-hydroxylation sites is 1. The molecular weight excluding hydrogens is 436 g/mol. The van der Waals surface area contributed by atoms with Crippen LogP contribution in [0.5, 0.6) is 5.75 Å². The zero-order chi connectivity index (χ0) is 24.5. The molecule has 0 radical (unpaired) electrons. The summed E-state index contributed by atoms with van der Waals surface area (Å²) < 4.78 is 5.61. The Morgan fingerprint density at radius 2 is 1.74 bits per heavy atom. The molecule has 0 heterocycles. The van der Waals surface area contributed by atoms with Gasteiger partial charge in [0.15, 0.2) is 6.61 Å². The molecule has 3 aromatic carbocycles. The molecular formula is C25H20N4O5. The number of carbonyl (C=O) groups excluding carboxylic acids is 2. The molecule has 0 aromatic heterocycles. The van der Waals surface area contributed by atoms with Crippen LogP contribution in [0, 0.1) is 28.4 Å². The zero-order valence-electron chi connectivity index (χ0n) is 18.1. The quantitative estimate of drug-likeness (QED) is 0.222. The van der Waals surface area contributed by atoms with E-state index in [9.17, 15) is 25.0 Å². The zero-order valence-corrected chi connectivity index (χ0v) is 18.1. The summed E-state index contributed by atoms with van der Waals surface area (Å²) in [7, 11) is 0. The van der Waals surface area contributed by atoms with Crippen LogP contribution in [-0.2, 0) is 9.59 Å². The molecule has 0 unspecified atom stereocenters. The van der Waals surface area contributed by atoms with Crippen molar-refractivity contribution >= 4 is 35.0 Å². The molecule has 3 rings (SSSR count). The average Bonchev–Trinajstić information content (AvgIpc) is 2.82. The van der Waals surface area contributed by atoms with Crippen molar-refractivity contribution in [3.8, 4) is 11.8 Å². The van der Waals surface area contributed by atoms with E-state index in [1.54, 1.807) is 30.3 Å². The highest BCUT2D eigenvalue weighted by molar-refractivity contribution is 6.10. The van der Waals surface area contributed by atoms with Crippen molar-refractivity contribution in [3.63, 3.8) is 0 Å². The molecule has 170 valence electrons. The lowest BCUT2D eigenvalue weighted by Crippen LogP contribution is -2.20. The highest BCUT2D eigenvalue weighted by Crippen LogP contribution is 2.22. The minimum Gasteiger partial charge on any atom is -0.483 e. The molecule has 9 heteroatoms. The number of non-ortho nitro benzene ring substituents is 1. The lowest BCUT2D eigenvalue weighted by atomic mass is 10.1. The summed E-state index contributed by atoms with van der Waals surface area (Å²) in [5.74, 6) is -0.805. The number of hydrogen-bond acceptors (Lipinski definition) is 6. The molecule has 9 nitrogen and oxygen atoms in total. The topological polar surface area (TPSA) is 134 Å². The van der Waals surface area contributed by atoms with Crippen molar-refractivity contribution in [3.05, 3.63) is 99.6 Å². The molecule has 3 aromatic rings. The van der Waals surface area contributed by atoms with Gasteiger partial charge in [-0.1, -0.05) is 36.4 Å². The van der Waals surface area contributed by atoms with E-state index >= 15 is 0 Å². The van der Waals surface area contributed by atoms with Gasteiger partial charge in [0, 0.05) is 29.1 Å². The summed E-state index contributed by atoms with van der Waals surface area (Å²) >= 11 is 0. The SMILES string of the molecule is Cc1cccc(NC(=O)COc2ccccc2/C=C(\C#N)C(=O)Nc2cccc([N+](=O)[O-])c2)c1. The number of carbonyl (C=O) groups is 2. The number of benzene rings is 3.